The van der Waals surface area contributed by atoms with Crippen molar-refractivity contribution in [3.8, 4) is 11.5 Å². The average Bonchev–Trinajstić information content (AvgIpc) is 2.90. The van der Waals surface area contributed by atoms with E-state index in [2.05, 4.69) is 4.90 Å². The quantitative estimate of drug-likeness (QED) is 0.838. The Morgan fingerprint density at radius 1 is 1.39 bits per heavy atom. The molecular weight excluding hydrogens is 228 g/mol. The molecule has 2 rings (SSSR count). The van der Waals surface area contributed by atoms with Gasteiger partial charge in [-0.2, -0.15) is 0 Å². The highest BCUT2D eigenvalue weighted by molar-refractivity contribution is 5.47. The number of methoxy groups -OCH3 is 1. The van der Waals surface area contributed by atoms with Gasteiger partial charge in [-0.05, 0) is 45.0 Å². The van der Waals surface area contributed by atoms with E-state index in [1.807, 2.05) is 12.1 Å². The van der Waals surface area contributed by atoms with E-state index in [9.17, 15) is 5.11 Å². The maximum atomic E-state index is 10.3. The number of ether oxygens (including phenoxy) is 1. The van der Waals surface area contributed by atoms with Gasteiger partial charge in [-0.25, -0.2) is 0 Å². The molecule has 0 saturated carbocycles. The van der Waals surface area contributed by atoms with Crippen LogP contribution in [0.25, 0.3) is 0 Å². The van der Waals surface area contributed by atoms with Crippen molar-refractivity contribution in [3.63, 3.8) is 0 Å². The zero-order chi connectivity index (χ0) is 13.0. The first kappa shape index (κ1) is 13.2. The standard InChI is InChI=1S/C14H22N2O2/c1-18-13-6-4-5-11(14(13)17)12(7-8-15)16-9-2-3-10-16/h4-6,12,17H,2-3,7-10,15H2,1H3. The van der Waals surface area contributed by atoms with Crippen molar-refractivity contribution in [2.45, 2.75) is 25.3 Å². The molecule has 4 nitrogen and oxygen atoms in total. The molecule has 0 amide bonds. The molecule has 18 heavy (non-hydrogen) atoms. The second kappa shape index (κ2) is 6.07. The summed E-state index contributed by atoms with van der Waals surface area (Å²) in [6, 6.07) is 5.87. The largest absolute Gasteiger partial charge is 0.504 e. The number of rotatable bonds is 5. The number of phenolic OH excluding ortho intramolecular Hbond substituents is 1. The van der Waals surface area contributed by atoms with Crippen LogP contribution in [-0.2, 0) is 0 Å². The van der Waals surface area contributed by atoms with Crippen LogP contribution in [0.2, 0.25) is 0 Å². The summed E-state index contributed by atoms with van der Waals surface area (Å²) in [7, 11) is 1.58. The Morgan fingerprint density at radius 3 is 2.72 bits per heavy atom. The Bertz CT molecular complexity index is 389. The van der Waals surface area contributed by atoms with Crippen LogP contribution in [0, 0.1) is 0 Å². The third kappa shape index (κ3) is 2.60. The van der Waals surface area contributed by atoms with Crippen LogP contribution in [0.15, 0.2) is 18.2 Å². The Hall–Kier alpha value is -1.26. The normalized spacial score (nSPS) is 17.9. The van der Waals surface area contributed by atoms with Crippen LogP contribution in [0.4, 0.5) is 0 Å². The molecule has 0 radical (unpaired) electrons. The van der Waals surface area contributed by atoms with Crippen molar-refractivity contribution in [1.82, 2.24) is 4.90 Å². The van der Waals surface area contributed by atoms with E-state index in [-0.39, 0.29) is 11.8 Å². The number of phenols is 1. The first-order chi connectivity index (χ1) is 8.77. The number of nitrogens with zero attached hydrogens (tertiary/aromatic N) is 1. The maximum absolute atomic E-state index is 10.3. The summed E-state index contributed by atoms with van der Waals surface area (Å²) in [5, 5.41) is 10.3. The molecule has 1 atom stereocenters. The van der Waals surface area contributed by atoms with Gasteiger partial charge in [0.05, 0.1) is 7.11 Å². The number of likely N-dealkylation sites (tertiary alicyclic amines) is 1. The van der Waals surface area contributed by atoms with Gasteiger partial charge in [-0.3, -0.25) is 4.90 Å². The highest BCUT2D eigenvalue weighted by Crippen LogP contribution is 2.38. The predicted octanol–water partition coefficient (Wildman–Crippen LogP) is 1.89. The van der Waals surface area contributed by atoms with Gasteiger partial charge in [-0.1, -0.05) is 12.1 Å². The molecule has 0 bridgehead atoms. The van der Waals surface area contributed by atoms with Gasteiger partial charge in [0.2, 0.25) is 0 Å². The van der Waals surface area contributed by atoms with E-state index >= 15 is 0 Å². The molecule has 1 aromatic carbocycles. The summed E-state index contributed by atoms with van der Waals surface area (Å²) in [5.74, 6) is 0.791. The van der Waals surface area contributed by atoms with Gasteiger partial charge in [0.1, 0.15) is 0 Å². The molecule has 100 valence electrons. The fraction of sp³-hybridized carbons (Fsp3) is 0.571. The number of hydrogen-bond donors (Lipinski definition) is 2. The smallest absolute Gasteiger partial charge is 0.162 e. The monoisotopic (exact) mass is 250 g/mol. The Balaban J connectivity index is 2.29. The number of nitrogens with two attached hydrogens (primary N) is 1. The molecule has 1 aliphatic heterocycles. The van der Waals surface area contributed by atoms with Crippen LogP contribution in [0.3, 0.4) is 0 Å². The van der Waals surface area contributed by atoms with Gasteiger partial charge in [-0.15, -0.1) is 0 Å². The fourth-order valence-electron chi connectivity index (χ4n) is 2.72. The Labute approximate surface area is 108 Å². The van der Waals surface area contributed by atoms with Crippen molar-refractivity contribution in [1.29, 1.82) is 0 Å². The van der Waals surface area contributed by atoms with E-state index in [4.69, 9.17) is 10.5 Å². The van der Waals surface area contributed by atoms with Gasteiger partial charge in [0.25, 0.3) is 0 Å². The highest BCUT2D eigenvalue weighted by atomic mass is 16.5. The van der Waals surface area contributed by atoms with Crippen LogP contribution >= 0.6 is 0 Å². The third-order valence-electron chi connectivity index (χ3n) is 3.63. The van der Waals surface area contributed by atoms with Crippen LogP contribution < -0.4 is 10.5 Å². The van der Waals surface area contributed by atoms with E-state index in [0.29, 0.717) is 12.3 Å². The number of para-hydroxylation sites is 1. The van der Waals surface area contributed by atoms with Crippen LogP contribution in [0.5, 0.6) is 11.5 Å². The lowest BCUT2D eigenvalue weighted by molar-refractivity contribution is 0.229. The van der Waals surface area contributed by atoms with Crippen LogP contribution in [-0.4, -0.2) is 36.8 Å². The van der Waals surface area contributed by atoms with E-state index < -0.39 is 0 Å². The molecule has 1 aromatic rings. The van der Waals surface area contributed by atoms with Crippen LogP contribution in [0.1, 0.15) is 30.9 Å². The highest BCUT2D eigenvalue weighted by Gasteiger charge is 2.25. The van der Waals surface area contributed by atoms with Gasteiger partial charge in [0, 0.05) is 11.6 Å². The lowest BCUT2D eigenvalue weighted by atomic mass is 10.0. The van der Waals surface area contributed by atoms with E-state index in [1.54, 1.807) is 13.2 Å². The van der Waals surface area contributed by atoms with Crippen molar-refractivity contribution in [2.24, 2.45) is 5.73 Å². The topological polar surface area (TPSA) is 58.7 Å². The molecule has 1 saturated heterocycles. The second-order valence-corrected chi connectivity index (χ2v) is 4.73. The number of aromatic hydroxyl groups is 1. The summed E-state index contributed by atoms with van der Waals surface area (Å²) in [4.78, 5) is 2.40. The van der Waals surface area contributed by atoms with Crippen molar-refractivity contribution < 1.29 is 9.84 Å². The average molecular weight is 250 g/mol. The number of benzene rings is 1. The minimum Gasteiger partial charge on any atom is -0.504 e. The second-order valence-electron chi connectivity index (χ2n) is 4.73. The third-order valence-corrected chi connectivity index (χ3v) is 3.63. The van der Waals surface area contributed by atoms with E-state index in [0.717, 1.165) is 25.1 Å². The summed E-state index contributed by atoms with van der Waals surface area (Å²) in [6.07, 6.45) is 3.32. The fourth-order valence-corrected chi connectivity index (χ4v) is 2.72. The molecule has 4 heteroatoms. The van der Waals surface area contributed by atoms with Gasteiger partial charge < -0.3 is 15.6 Å². The summed E-state index contributed by atoms with van der Waals surface area (Å²) < 4.78 is 5.18. The van der Waals surface area contributed by atoms with Crippen molar-refractivity contribution >= 4 is 0 Å². The first-order valence-corrected chi connectivity index (χ1v) is 6.58. The SMILES string of the molecule is COc1cccc(C(CCN)N2CCCC2)c1O. The summed E-state index contributed by atoms with van der Waals surface area (Å²) in [6.45, 7) is 2.79. The molecule has 0 spiro atoms. The lowest BCUT2D eigenvalue weighted by Gasteiger charge is -2.28. The first-order valence-electron chi connectivity index (χ1n) is 6.58. The van der Waals surface area contributed by atoms with Gasteiger partial charge >= 0.3 is 0 Å². The summed E-state index contributed by atoms with van der Waals surface area (Å²) in [5.41, 5.74) is 6.65. The van der Waals surface area contributed by atoms with E-state index in [1.165, 1.54) is 12.8 Å². The molecular formula is C14H22N2O2. The molecule has 0 aliphatic carbocycles. The van der Waals surface area contributed by atoms with Crippen molar-refractivity contribution in [3.05, 3.63) is 23.8 Å². The minimum absolute atomic E-state index is 0.201. The molecule has 1 fully saturated rings. The Morgan fingerprint density at radius 2 is 2.11 bits per heavy atom. The zero-order valence-electron chi connectivity index (χ0n) is 10.9. The zero-order valence-corrected chi connectivity index (χ0v) is 10.9. The molecule has 1 heterocycles. The van der Waals surface area contributed by atoms with Gasteiger partial charge in [0.15, 0.2) is 11.5 Å². The van der Waals surface area contributed by atoms with Crippen molar-refractivity contribution in [2.75, 3.05) is 26.7 Å². The summed E-state index contributed by atoms with van der Waals surface area (Å²) >= 11 is 0. The maximum Gasteiger partial charge on any atom is 0.162 e. The lowest BCUT2D eigenvalue weighted by Crippen LogP contribution is -2.27. The molecule has 1 aliphatic rings. The molecule has 1 unspecified atom stereocenters. The minimum atomic E-state index is 0.201. The molecule has 3 N–H and O–H groups in total. The molecule has 0 aromatic heterocycles. The number of hydrogen-bond acceptors (Lipinski definition) is 4. The predicted molar refractivity (Wildman–Crippen MR) is 71.9 cm³/mol. The Kier molecular flexibility index (Phi) is 4.44.